The first kappa shape index (κ1) is 12.2. The SMILES string of the molecule is N=[N+]=Nc1ccc(Cl)cc1C(=O)c1ccccc1. The van der Waals surface area contributed by atoms with Gasteiger partial charge in [0.05, 0.1) is 5.56 Å². The normalized spacial score (nSPS) is 9.61. The van der Waals surface area contributed by atoms with E-state index in [-0.39, 0.29) is 5.78 Å². The Morgan fingerprint density at radius 1 is 1.17 bits per heavy atom. The first-order chi connectivity index (χ1) is 8.72. The zero-order chi connectivity index (χ0) is 13.0. The summed E-state index contributed by atoms with van der Waals surface area (Å²) in [5, 5.41) is 4.05. The second kappa shape index (κ2) is 5.36. The first-order valence-corrected chi connectivity index (χ1v) is 5.57. The molecule has 88 valence electrons. The van der Waals surface area contributed by atoms with Crippen LogP contribution in [0.15, 0.2) is 53.6 Å². The number of nitrogens with zero attached hydrogens (tertiary/aromatic N) is 2. The van der Waals surface area contributed by atoms with E-state index < -0.39 is 0 Å². The van der Waals surface area contributed by atoms with E-state index in [1.807, 2.05) is 6.07 Å². The number of carbonyl (C=O) groups excluding carboxylic acids is 1. The van der Waals surface area contributed by atoms with Crippen LogP contribution < -0.4 is 4.91 Å². The number of rotatable bonds is 3. The summed E-state index contributed by atoms with van der Waals surface area (Å²) >= 11 is 5.88. The number of hydrogen-bond acceptors (Lipinski definition) is 3. The van der Waals surface area contributed by atoms with Crippen molar-refractivity contribution in [1.82, 2.24) is 4.91 Å². The predicted molar refractivity (Wildman–Crippen MR) is 68.3 cm³/mol. The van der Waals surface area contributed by atoms with Gasteiger partial charge in [-0.3, -0.25) is 4.79 Å². The number of benzene rings is 2. The Kier molecular flexibility index (Phi) is 3.63. The van der Waals surface area contributed by atoms with E-state index in [0.29, 0.717) is 21.8 Å². The van der Waals surface area contributed by atoms with Crippen LogP contribution in [0.1, 0.15) is 15.9 Å². The Morgan fingerprint density at radius 3 is 2.56 bits per heavy atom. The lowest BCUT2D eigenvalue weighted by Gasteiger charge is -2.02. The zero-order valence-corrected chi connectivity index (χ0v) is 10.1. The summed E-state index contributed by atoms with van der Waals surface area (Å²) in [6.07, 6.45) is 0. The van der Waals surface area contributed by atoms with Crippen molar-refractivity contribution in [2.75, 3.05) is 0 Å². The molecule has 0 spiro atoms. The fraction of sp³-hybridized carbons (Fsp3) is 0. The standard InChI is InChI=1S/C13H9ClN3O/c14-10-6-7-12(16-17-15)11(8-10)13(18)9-4-2-1-3-5-9/h1-8,15H/q+1. The fourth-order valence-electron chi connectivity index (χ4n) is 1.58. The van der Waals surface area contributed by atoms with E-state index in [1.165, 1.54) is 6.07 Å². The molecule has 0 radical (unpaired) electrons. The molecule has 0 heterocycles. The van der Waals surface area contributed by atoms with Crippen LogP contribution in [-0.2, 0) is 0 Å². The molecule has 0 atom stereocenters. The molecule has 0 aliphatic rings. The van der Waals surface area contributed by atoms with Crippen molar-refractivity contribution in [3.8, 4) is 0 Å². The van der Waals surface area contributed by atoms with Gasteiger partial charge in [-0.25, -0.2) is 0 Å². The molecule has 0 aliphatic heterocycles. The fourth-order valence-corrected chi connectivity index (χ4v) is 1.75. The third-order valence-corrected chi connectivity index (χ3v) is 2.63. The molecule has 0 bridgehead atoms. The number of carbonyl (C=O) groups is 1. The molecule has 0 saturated carbocycles. The largest absolute Gasteiger partial charge is 0.289 e. The summed E-state index contributed by atoms with van der Waals surface area (Å²) < 4.78 is 0. The highest BCUT2D eigenvalue weighted by Gasteiger charge is 2.16. The van der Waals surface area contributed by atoms with Gasteiger partial charge in [-0.05, 0) is 18.2 Å². The van der Waals surface area contributed by atoms with Crippen LogP contribution in [0, 0.1) is 5.53 Å². The average Bonchev–Trinajstić information content (AvgIpc) is 2.41. The summed E-state index contributed by atoms with van der Waals surface area (Å²) in [6.45, 7) is 0. The van der Waals surface area contributed by atoms with Crippen LogP contribution in [0.2, 0.25) is 5.02 Å². The second-order valence-electron chi connectivity index (χ2n) is 3.56. The number of halogens is 1. The van der Waals surface area contributed by atoms with Crippen LogP contribution in [0.25, 0.3) is 0 Å². The molecule has 2 aromatic rings. The minimum Gasteiger partial charge on any atom is -0.289 e. The molecule has 2 rings (SSSR count). The molecule has 0 fully saturated rings. The third-order valence-electron chi connectivity index (χ3n) is 2.40. The lowest BCUT2D eigenvalue weighted by Crippen LogP contribution is -2.01. The van der Waals surface area contributed by atoms with Gasteiger partial charge in [0.1, 0.15) is 5.53 Å². The van der Waals surface area contributed by atoms with Crippen molar-refractivity contribution >= 4 is 23.1 Å². The highest BCUT2D eigenvalue weighted by atomic mass is 35.5. The summed E-state index contributed by atoms with van der Waals surface area (Å²) in [5.74, 6) is -0.194. The first-order valence-electron chi connectivity index (χ1n) is 5.19. The molecule has 0 saturated heterocycles. The Morgan fingerprint density at radius 2 is 1.89 bits per heavy atom. The summed E-state index contributed by atoms with van der Waals surface area (Å²) in [6, 6.07) is 13.5. The smallest absolute Gasteiger partial charge is 0.220 e. The highest BCUT2D eigenvalue weighted by molar-refractivity contribution is 6.31. The van der Waals surface area contributed by atoms with Gasteiger partial charge >= 0.3 is 0 Å². The van der Waals surface area contributed by atoms with Gasteiger partial charge in [0.15, 0.2) is 16.6 Å². The number of ketones is 1. The van der Waals surface area contributed by atoms with Crippen LogP contribution in [0.5, 0.6) is 0 Å². The van der Waals surface area contributed by atoms with Crippen LogP contribution in [-0.4, -0.2) is 5.78 Å². The zero-order valence-electron chi connectivity index (χ0n) is 9.30. The lowest BCUT2D eigenvalue weighted by molar-refractivity contribution is 0.103. The van der Waals surface area contributed by atoms with Crippen molar-refractivity contribution in [3.05, 3.63) is 64.7 Å². The van der Waals surface area contributed by atoms with Gasteiger partial charge in [0.2, 0.25) is 4.91 Å². The van der Waals surface area contributed by atoms with Crippen LogP contribution >= 0.6 is 11.6 Å². The molecule has 1 N–H and O–H groups in total. The van der Waals surface area contributed by atoms with Crippen LogP contribution in [0.3, 0.4) is 0 Å². The Bertz CT molecular complexity index is 634. The highest BCUT2D eigenvalue weighted by Crippen LogP contribution is 2.25. The molecule has 18 heavy (non-hydrogen) atoms. The monoisotopic (exact) mass is 258 g/mol. The number of nitrogens with one attached hydrogen (secondary N) is 1. The molecule has 5 heteroatoms. The van der Waals surface area contributed by atoms with E-state index in [1.54, 1.807) is 36.4 Å². The molecule has 0 unspecified atom stereocenters. The minimum atomic E-state index is -0.194. The van der Waals surface area contributed by atoms with E-state index in [0.717, 1.165) is 0 Å². The van der Waals surface area contributed by atoms with E-state index in [2.05, 4.69) is 10.0 Å². The van der Waals surface area contributed by atoms with Gasteiger partial charge in [0, 0.05) is 10.6 Å². The average molecular weight is 259 g/mol. The molecular formula is C13H9ClN3O+. The second-order valence-corrected chi connectivity index (χ2v) is 3.99. The van der Waals surface area contributed by atoms with Gasteiger partial charge < -0.3 is 0 Å². The molecule has 0 amide bonds. The van der Waals surface area contributed by atoms with Gasteiger partial charge in [0.25, 0.3) is 0 Å². The van der Waals surface area contributed by atoms with Crippen molar-refractivity contribution < 1.29 is 4.79 Å². The predicted octanol–water partition coefficient (Wildman–Crippen LogP) is 3.75. The van der Waals surface area contributed by atoms with Gasteiger partial charge in [-0.15, -0.1) is 0 Å². The van der Waals surface area contributed by atoms with E-state index in [4.69, 9.17) is 17.1 Å². The maximum absolute atomic E-state index is 12.3. The van der Waals surface area contributed by atoms with E-state index in [9.17, 15) is 4.79 Å². The van der Waals surface area contributed by atoms with Crippen molar-refractivity contribution in [3.63, 3.8) is 0 Å². The summed E-state index contributed by atoms with van der Waals surface area (Å²) in [7, 11) is 0. The van der Waals surface area contributed by atoms with Crippen LogP contribution in [0.4, 0.5) is 5.69 Å². The molecule has 0 aromatic heterocycles. The molecule has 4 nitrogen and oxygen atoms in total. The van der Waals surface area contributed by atoms with Crippen molar-refractivity contribution in [1.29, 1.82) is 5.53 Å². The van der Waals surface area contributed by atoms with Gasteiger partial charge in [-0.1, -0.05) is 41.9 Å². The Labute approximate surface area is 108 Å². The Balaban J connectivity index is 2.53. The quantitative estimate of drug-likeness (QED) is 0.508. The van der Waals surface area contributed by atoms with E-state index >= 15 is 0 Å². The minimum absolute atomic E-state index is 0.194. The molecule has 0 aliphatic carbocycles. The van der Waals surface area contributed by atoms with Crippen molar-refractivity contribution in [2.45, 2.75) is 0 Å². The summed E-state index contributed by atoms with van der Waals surface area (Å²) in [4.78, 5) is 15.2. The molecule has 2 aromatic carbocycles. The maximum Gasteiger partial charge on any atom is 0.220 e. The topological polar surface area (TPSA) is 67.4 Å². The lowest BCUT2D eigenvalue weighted by atomic mass is 10.0. The van der Waals surface area contributed by atoms with Crippen molar-refractivity contribution in [2.24, 2.45) is 5.11 Å². The Hall–Kier alpha value is -2.29. The third kappa shape index (κ3) is 2.51. The number of hydrogen-bond donors (Lipinski definition) is 1. The maximum atomic E-state index is 12.3. The molecular weight excluding hydrogens is 250 g/mol. The summed E-state index contributed by atoms with van der Waals surface area (Å²) in [5.41, 5.74) is 7.97. The van der Waals surface area contributed by atoms with Gasteiger partial charge in [-0.2, -0.15) is 0 Å².